The fourth-order valence-electron chi connectivity index (χ4n) is 1.73. The summed E-state index contributed by atoms with van der Waals surface area (Å²) in [5, 5.41) is 15.2. The van der Waals surface area contributed by atoms with Crippen molar-refractivity contribution in [1.29, 1.82) is 0 Å². The maximum Gasteiger partial charge on any atom is 0.394 e. The van der Waals surface area contributed by atoms with E-state index >= 15 is 0 Å². The van der Waals surface area contributed by atoms with Gasteiger partial charge in [-0.05, 0) is 24.3 Å². The van der Waals surface area contributed by atoms with Gasteiger partial charge in [-0.2, -0.15) is 8.42 Å². The number of rotatable bonds is 4. The summed E-state index contributed by atoms with van der Waals surface area (Å²) in [5.41, 5.74) is -1.92. The van der Waals surface area contributed by atoms with Gasteiger partial charge in [0.05, 0.1) is 7.11 Å². The van der Waals surface area contributed by atoms with E-state index < -0.39 is 68.3 Å². The lowest BCUT2D eigenvalue weighted by Crippen LogP contribution is -2.18. The van der Waals surface area contributed by atoms with Gasteiger partial charge in [-0.15, -0.1) is 0 Å². The number of methoxy groups -OCH3 is 1. The second-order valence-corrected chi connectivity index (χ2v) is 5.99. The lowest BCUT2D eigenvalue weighted by molar-refractivity contribution is -0.135. The minimum atomic E-state index is -4.67. The molecule has 0 aliphatic carbocycles. The molecule has 0 aliphatic heterocycles. The van der Waals surface area contributed by atoms with Crippen LogP contribution < -0.4 is 0 Å². The molecule has 0 aliphatic rings. The number of ketones is 2. The Morgan fingerprint density at radius 1 is 0.735 bits per heavy atom. The van der Waals surface area contributed by atoms with Gasteiger partial charge in [0.25, 0.3) is 11.6 Å². The number of benzene rings is 2. The zero-order valence-electron chi connectivity index (χ0n) is 17.0. The molecule has 2 aromatic carbocycles. The standard InChI is InChI=1S/C9H6F2O3.C8H4F2O3.CH4O.H2O4S/c1-14-9(13)8(12)7-5(10)3-2-4-6(7)11;9-4-2-1-3-5(10)6(4)7(11)8(12)13;1-2;1-5(2,3)4/h2-4H,1H3;1-3H,(H,12,13);2H,1H3;(H2,1,2,3,4). The number of aliphatic hydroxyl groups is 1. The van der Waals surface area contributed by atoms with Gasteiger partial charge in [0, 0.05) is 7.11 Å². The van der Waals surface area contributed by atoms with Crippen LogP contribution in [0.3, 0.4) is 0 Å². The third-order valence-corrected chi connectivity index (χ3v) is 2.94. The molecular weight excluding hydrogens is 500 g/mol. The van der Waals surface area contributed by atoms with Crippen LogP contribution in [0.1, 0.15) is 20.7 Å². The number of aliphatic carboxylic acids is 1. The molecule has 188 valence electrons. The summed E-state index contributed by atoms with van der Waals surface area (Å²) in [5.74, 6) is -10.6. The molecule has 0 saturated heterocycles. The highest BCUT2D eigenvalue weighted by Gasteiger charge is 2.24. The molecule has 4 N–H and O–H groups in total. The van der Waals surface area contributed by atoms with Crippen LogP contribution in [0.15, 0.2) is 36.4 Å². The molecule has 0 saturated carbocycles. The molecule has 0 spiro atoms. The van der Waals surface area contributed by atoms with Crippen molar-refractivity contribution in [2.75, 3.05) is 14.2 Å². The van der Waals surface area contributed by atoms with E-state index in [-0.39, 0.29) is 0 Å². The van der Waals surface area contributed by atoms with Crippen molar-refractivity contribution in [2.45, 2.75) is 0 Å². The van der Waals surface area contributed by atoms with Crippen LogP contribution in [0.2, 0.25) is 0 Å². The van der Waals surface area contributed by atoms with Crippen molar-refractivity contribution in [2.24, 2.45) is 0 Å². The fraction of sp³-hybridized carbons (Fsp3) is 0.111. The predicted molar refractivity (Wildman–Crippen MR) is 103 cm³/mol. The van der Waals surface area contributed by atoms with Gasteiger partial charge in [0.1, 0.15) is 34.4 Å². The van der Waals surface area contributed by atoms with E-state index in [0.717, 1.165) is 50.6 Å². The molecule has 0 bridgehead atoms. The van der Waals surface area contributed by atoms with E-state index in [9.17, 15) is 36.7 Å². The Morgan fingerprint density at radius 2 is 1.00 bits per heavy atom. The molecule has 0 unspecified atom stereocenters. The highest BCUT2D eigenvalue weighted by atomic mass is 32.3. The zero-order chi connectivity index (χ0) is 27.2. The number of halogens is 4. The average Bonchev–Trinajstić information content (AvgIpc) is 2.73. The molecular formula is C18H16F4O11S. The topological polar surface area (TPSA) is 193 Å². The molecule has 11 nitrogen and oxygen atoms in total. The maximum absolute atomic E-state index is 12.9. The Balaban J connectivity index is 0. The summed E-state index contributed by atoms with van der Waals surface area (Å²) in [6, 6.07) is 5.55. The summed E-state index contributed by atoms with van der Waals surface area (Å²) in [6.45, 7) is 0. The first-order chi connectivity index (χ1) is 15.6. The van der Waals surface area contributed by atoms with E-state index in [2.05, 4.69) is 4.74 Å². The third kappa shape index (κ3) is 11.8. The Hall–Kier alpha value is -3.73. The van der Waals surface area contributed by atoms with Crippen molar-refractivity contribution >= 4 is 33.9 Å². The Kier molecular flexibility index (Phi) is 14.5. The van der Waals surface area contributed by atoms with Crippen LogP contribution in [0.4, 0.5) is 17.6 Å². The van der Waals surface area contributed by atoms with Gasteiger partial charge in [0.2, 0.25) is 0 Å². The lowest BCUT2D eigenvalue weighted by atomic mass is 10.1. The summed E-state index contributed by atoms with van der Waals surface area (Å²) >= 11 is 0. The van der Waals surface area contributed by atoms with Crippen molar-refractivity contribution in [3.05, 3.63) is 70.8 Å². The molecule has 2 aromatic rings. The third-order valence-electron chi connectivity index (χ3n) is 2.94. The van der Waals surface area contributed by atoms with Crippen molar-refractivity contribution < 1.29 is 69.2 Å². The van der Waals surface area contributed by atoms with Gasteiger partial charge in [-0.1, -0.05) is 12.1 Å². The number of hydrogen-bond donors (Lipinski definition) is 4. The summed E-state index contributed by atoms with van der Waals surface area (Å²) in [4.78, 5) is 42.6. The van der Waals surface area contributed by atoms with Gasteiger partial charge in [0.15, 0.2) is 0 Å². The second kappa shape index (κ2) is 15.2. The van der Waals surface area contributed by atoms with Crippen LogP contribution in [-0.2, 0) is 24.7 Å². The number of carboxylic acids is 1. The number of carbonyl (C=O) groups excluding carboxylic acids is 3. The average molecular weight is 516 g/mol. The Labute approximate surface area is 188 Å². The number of hydrogen-bond acceptors (Lipinski definition) is 8. The monoisotopic (exact) mass is 516 g/mol. The largest absolute Gasteiger partial charge is 0.475 e. The molecule has 2 rings (SSSR count). The van der Waals surface area contributed by atoms with Crippen LogP contribution in [0.25, 0.3) is 0 Å². The SMILES string of the molecule is CO.COC(=O)C(=O)c1c(F)cccc1F.O=C(O)C(=O)c1c(F)cccc1F.O=S(=O)(O)O. The van der Waals surface area contributed by atoms with Gasteiger partial charge in [-0.25, -0.2) is 27.2 Å². The normalized spacial score (nSPS) is 9.56. The van der Waals surface area contributed by atoms with Gasteiger partial charge >= 0.3 is 22.3 Å². The van der Waals surface area contributed by atoms with E-state index in [1.807, 2.05) is 0 Å². The Bertz CT molecular complexity index is 1090. The number of aliphatic hydroxyl groups excluding tert-OH is 1. The summed E-state index contributed by atoms with van der Waals surface area (Å²) < 4.78 is 87.0. The summed E-state index contributed by atoms with van der Waals surface area (Å²) in [6.07, 6.45) is 0. The van der Waals surface area contributed by atoms with Crippen LogP contribution in [-0.4, -0.2) is 65.5 Å². The van der Waals surface area contributed by atoms with E-state index in [1.165, 1.54) is 0 Å². The zero-order valence-corrected chi connectivity index (χ0v) is 17.8. The summed E-state index contributed by atoms with van der Waals surface area (Å²) in [7, 11) is -2.71. The van der Waals surface area contributed by atoms with E-state index in [4.69, 9.17) is 27.7 Å². The van der Waals surface area contributed by atoms with Gasteiger partial charge in [-0.3, -0.25) is 18.7 Å². The Morgan fingerprint density at radius 3 is 1.24 bits per heavy atom. The predicted octanol–water partition coefficient (Wildman–Crippen LogP) is 1.51. The number of Topliss-reactive ketones (excluding diaryl/α,β-unsaturated/α-hetero) is 2. The first-order valence-corrected chi connectivity index (χ1v) is 9.44. The lowest BCUT2D eigenvalue weighted by Gasteiger charge is -2.01. The van der Waals surface area contributed by atoms with Crippen molar-refractivity contribution in [3.63, 3.8) is 0 Å². The van der Waals surface area contributed by atoms with E-state index in [0.29, 0.717) is 0 Å². The highest BCUT2D eigenvalue weighted by Crippen LogP contribution is 2.13. The van der Waals surface area contributed by atoms with Crippen LogP contribution >= 0.6 is 0 Å². The molecule has 0 heterocycles. The fourth-order valence-corrected chi connectivity index (χ4v) is 1.73. The first kappa shape index (κ1) is 32.4. The van der Waals surface area contributed by atoms with Gasteiger partial charge < -0.3 is 14.9 Å². The molecule has 0 atom stereocenters. The second-order valence-electron chi connectivity index (χ2n) is 5.10. The van der Waals surface area contributed by atoms with Crippen molar-refractivity contribution in [1.82, 2.24) is 0 Å². The van der Waals surface area contributed by atoms with E-state index in [1.54, 1.807) is 0 Å². The van der Waals surface area contributed by atoms with Crippen LogP contribution in [0.5, 0.6) is 0 Å². The number of ether oxygens (including phenoxy) is 1. The minimum Gasteiger partial charge on any atom is -0.475 e. The molecule has 0 radical (unpaired) electrons. The van der Waals surface area contributed by atoms with Crippen molar-refractivity contribution in [3.8, 4) is 0 Å². The minimum absolute atomic E-state index is 0.819. The molecule has 0 fully saturated rings. The molecule has 0 aromatic heterocycles. The molecule has 34 heavy (non-hydrogen) atoms. The highest BCUT2D eigenvalue weighted by molar-refractivity contribution is 7.79. The number of carboxylic acid groups (broad SMARTS) is 1. The molecule has 16 heteroatoms. The number of esters is 1. The smallest absolute Gasteiger partial charge is 0.394 e. The quantitative estimate of drug-likeness (QED) is 0.151. The maximum atomic E-state index is 12.9. The number of carbonyl (C=O) groups is 4. The molecule has 0 amide bonds. The van der Waals surface area contributed by atoms with Crippen LogP contribution in [0, 0.1) is 23.3 Å². The first-order valence-electron chi connectivity index (χ1n) is 8.04.